The molecule has 1 amide bonds. The van der Waals surface area contributed by atoms with Gasteiger partial charge < -0.3 is 9.80 Å². The van der Waals surface area contributed by atoms with E-state index in [4.69, 9.17) is 0 Å². The van der Waals surface area contributed by atoms with Crippen molar-refractivity contribution < 1.29 is 4.79 Å². The average Bonchev–Trinajstić information content (AvgIpc) is 2.48. The first-order valence-electron chi connectivity index (χ1n) is 9.72. The molecule has 3 heteroatoms. The Morgan fingerprint density at radius 1 is 1.04 bits per heavy atom. The van der Waals surface area contributed by atoms with Crippen LogP contribution in [-0.4, -0.2) is 48.4 Å². The maximum atomic E-state index is 12.3. The lowest BCUT2D eigenvalue weighted by Gasteiger charge is -2.47. The summed E-state index contributed by atoms with van der Waals surface area (Å²) in [4.78, 5) is 17.1. The summed E-state index contributed by atoms with van der Waals surface area (Å²) in [6.07, 6.45) is 3.89. The Kier molecular flexibility index (Phi) is 6.16. The highest BCUT2D eigenvalue weighted by Gasteiger charge is 2.39. The number of hydrogen-bond acceptors (Lipinski definition) is 2. The third-order valence-electron chi connectivity index (χ3n) is 6.31. The van der Waals surface area contributed by atoms with Gasteiger partial charge in [0.2, 0.25) is 5.91 Å². The monoisotopic (exact) mass is 322 g/mol. The van der Waals surface area contributed by atoms with Crippen molar-refractivity contribution in [1.29, 1.82) is 0 Å². The quantitative estimate of drug-likeness (QED) is 0.784. The minimum absolute atomic E-state index is 0.123. The van der Waals surface area contributed by atoms with E-state index < -0.39 is 0 Å². The fraction of sp³-hybridized carbons (Fsp3) is 0.950. The Bertz CT molecular complexity index is 394. The first-order chi connectivity index (χ1) is 10.7. The molecule has 3 nitrogen and oxygen atoms in total. The summed E-state index contributed by atoms with van der Waals surface area (Å²) in [6, 6.07) is 0. The van der Waals surface area contributed by atoms with Crippen LogP contribution in [-0.2, 0) is 4.79 Å². The number of nitrogens with zero attached hydrogens (tertiary/aromatic N) is 2. The van der Waals surface area contributed by atoms with E-state index in [1.54, 1.807) is 0 Å². The molecule has 23 heavy (non-hydrogen) atoms. The molecule has 2 saturated heterocycles. The second-order valence-electron chi connectivity index (χ2n) is 9.27. The molecule has 0 bridgehead atoms. The molecule has 0 N–H and O–H groups in total. The van der Waals surface area contributed by atoms with E-state index in [2.05, 4.69) is 37.5 Å². The molecule has 0 aromatic rings. The van der Waals surface area contributed by atoms with E-state index in [0.717, 1.165) is 31.3 Å². The van der Waals surface area contributed by atoms with E-state index in [1.165, 1.54) is 32.5 Å². The zero-order valence-corrected chi connectivity index (χ0v) is 16.3. The van der Waals surface area contributed by atoms with Crippen molar-refractivity contribution in [3.63, 3.8) is 0 Å². The van der Waals surface area contributed by atoms with Gasteiger partial charge in [-0.15, -0.1) is 0 Å². The number of rotatable bonds is 4. The molecule has 0 aromatic carbocycles. The van der Waals surface area contributed by atoms with Crippen LogP contribution in [0.4, 0.5) is 0 Å². The van der Waals surface area contributed by atoms with Gasteiger partial charge in [-0.2, -0.15) is 0 Å². The van der Waals surface area contributed by atoms with Crippen molar-refractivity contribution in [3.05, 3.63) is 0 Å². The van der Waals surface area contributed by atoms with E-state index in [1.807, 2.05) is 13.8 Å². The first kappa shape index (κ1) is 18.8. The largest absolute Gasteiger partial charge is 0.342 e. The Hall–Kier alpha value is -0.570. The maximum absolute atomic E-state index is 12.3. The molecule has 2 aliphatic heterocycles. The van der Waals surface area contributed by atoms with E-state index >= 15 is 0 Å². The zero-order valence-electron chi connectivity index (χ0n) is 16.3. The van der Waals surface area contributed by atoms with Gasteiger partial charge in [-0.3, -0.25) is 4.79 Å². The summed E-state index contributed by atoms with van der Waals surface area (Å²) in [5.41, 5.74) is 0.234. The van der Waals surface area contributed by atoms with Crippen LogP contribution < -0.4 is 0 Å². The van der Waals surface area contributed by atoms with Crippen molar-refractivity contribution >= 4 is 5.91 Å². The third-order valence-corrected chi connectivity index (χ3v) is 6.31. The van der Waals surface area contributed by atoms with Crippen LogP contribution in [0, 0.1) is 29.1 Å². The molecular formula is C20H38N2O. The van der Waals surface area contributed by atoms with Crippen molar-refractivity contribution in [3.8, 4) is 0 Å². The number of hydrogen-bond donors (Lipinski definition) is 0. The van der Waals surface area contributed by atoms with Crippen molar-refractivity contribution in [2.75, 3.05) is 32.7 Å². The molecule has 1 atom stereocenters. The number of likely N-dealkylation sites (tertiary alicyclic amines) is 2. The van der Waals surface area contributed by atoms with E-state index in [-0.39, 0.29) is 11.3 Å². The molecule has 1 unspecified atom stereocenters. The van der Waals surface area contributed by atoms with Gasteiger partial charge in [-0.25, -0.2) is 0 Å². The lowest BCUT2D eigenvalue weighted by atomic mass is 9.73. The zero-order chi connectivity index (χ0) is 17.2. The first-order valence-corrected chi connectivity index (χ1v) is 9.72. The van der Waals surface area contributed by atoms with Gasteiger partial charge >= 0.3 is 0 Å². The average molecular weight is 323 g/mol. The molecule has 0 aliphatic carbocycles. The van der Waals surface area contributed by atoms with Gasteiger partial charge in [0.15, 0.2) is 0 Å². The summed E-state index contributed by atoms with van der Waals surface area (Å²) in [5.74, 6) is 2.92. The van der Waals surface area contributed by atoms with Gasteiger partial charge in [-0.05, 0) is 55.5 Å². The fourth-order valence-corrected chi connectivity index (χ4v) is 4.41. The fourth-order valence-electron chi connectivity index (χ4n) is 4.41. The molecule has 2 fully saturated rings. The van der Waals surface area contributed by atoms with Gasteiger partial charge in [-0.1, -0.05) is 41.5 Å². The minimum Gasteiger partial charge on any atom is -0.342 e. The Morgan fingerprint density at radius 3 is 2.13 bits per heavy atom. The molecule has 134 valence electrons. The highest BCUT2D eigenvalue weighted by atomic mass is 16.2. The van der Waals surface area contributed by atoms with Gasteiger partial charge in [0, 0.05) is 25.6 Å². The molecule has 2 heterocycles. The summed E-state index contributed by atoms with van der Waals surface area (Å²) < 4.78 is 0. The van der Waals surface area contributed by atoms with E-state index in [9.17, 15) is 4.79 Å². The topological polar surface area (TPSA) is 23.6 Å². The highest BCUT2D eigenvalue weighted by Crippen LogP contribution is 2.37. The molecular weight excluding hydrogens is 284 g/mol. The number of piperidine rings is 2. The summed E-state index contributed by atoms with van der Waals surface area (Å²) in [5, 5.41) is 0. The standard InChI is InChI=1S/C20H38N2O/c1-15(2)17-7-10-21(11-8-17)13-18-9-12-22(14-20(18,5)6)19(23)16(3)4/h15-18H,7-14H2,1-6H3. The molecule has 0 saturated carbocycles. The number of carbonyl (C=O) groups is 1. The number of amides is 1. The summed E-state index contributed by atoms with van der Waals surface area (Å²) in [7, 11) is 0. The van der Waals surface area contributed by atoms with Crippen molar-refractivity contribution in [2.24, 2.45) is 29.1 Å². The smallest absolute Gasteiger partial charge is 0.225 e. The van der Waals surface area contributed by atoms with Crippen LogP contribution in [0.25, 0.3) is 0 Å². The van der Waals surface area contributed by atoms with Gasteiger partial charge in [0.1, 0.15) is 0 Å². The Balaban J connectivity index is 1.86. The van der Waals surface area contributed by atoms with Crippen molar-refractivity contribution in [2.45, 2.75) is 60.8 Å². The number of carbonyl (C=O) groups excluding carboxylic acids is 1. The predicted molar refractivity (Wildman–Crippen MR) is 97.3 cm³/mol. The summed E-state index contributed by atoms with van der Waals surface area (Å²) in [6.45, 7) is 19.1. The maximum Gasteiger partial charge on any atom is 0.225 e. The third kappa shape index (κ3) is 4.71. The van der Waals surface area contributed by atoms with Crippen LogP contribution in [0.5, 0.6) is 0 Å². The van der Waals surface area contributed by atoms with Crippen LogP contribution in [0.1, 0.15) is 60.8 Å². The van der Waals surface area contributed by atoms with Gasteiger partial charge in [0.05, 0.1) is 0 Å². The normalized spacial score (nSPS) is 27.0. The predicted octanol–water partition coefficient (Wildman–Crippen LogP) is 3.89. The molecule has 0 spiro atoms. The second kappa shape index (κ2) is 7.55. The summed E-state index contributed by atoms with van der Waals surface area (Å²) >= 11 is 0. The molecule has 2 rings (SSSR count). The molecule has 2 aliphatic rings. The van der Waals surface area contributed by atoms with Crippen LogP contribution in [0.2, 0.25) is 0 Å². The highest BCUT2D eigenvalue weighted by molar-refractivity contribution is 5.78. The van der Waals surface area contributed by atoms with E-state index in [0.29, 0.717) is 11.8 Å². The van der Waals surface area contributed by atoms with Gasteiger partial charge in [0.25, 0.3) is 0 Å². The van der Waals surface area contributed by atoms with Crippen LogP contribution in [0.3, 0.4) is 0 Å². The molecule has 0 aromatic heterocycles. The van der Waals surface area contributed by atoms with Crippen LogP contribution >= 0.6 is 0 Å². The Labute approximate surface area is 143 Å². The van der Waals surface area contributed by atoms with Crippen LogP contribution in [0.15, 0.2) is 0 Å². The lowest BCUT2D eigenvalue weighted by molar-refractivity contribution is -0.139. The second-order valence-corrected chi connectivity index (χ2v) is 9.27. The lowest BCUT2D eigenvalue weighted by Crippen LogP contribution is -2.52. The molecule has 0 radical (unpaired) electrons. The Morgan fingerprint density at radius 2 is 1.65 bits per heavy atom. The van der Waals surface area contributed by atoms with Crippen molar-refractivity contribution in [1.82, 2.24) is 9.80 Å². The minimum atomic E-state index is 0.123. The SMILES string of the molecule is CC(C)C(=O)N1CCC(CN2CCC(C(C)C)CC2)C(C)(C)C1.